The first-order valence-corrected chi connectivity index (χ1v) is 6.31. The Kier molecular flexibility index (Phi) is 3.79. The van der Waals surface area contributed by atoms with Gasteiger partial charge in [-0.2, -0.15) is 0 Å². The molecule has 1 heterocycles. The molecule has 2 rings (SSSR count). The minimum atomic E-state index is -0.289. The van der Waals surface area contributed by atoms with Crippen molar-refractivity contribution in [2.75, 3.05) is 13.1 Å². The first-order chi connectivity index (χ1) is 8.10. The summed E-state index contributed by atoms with van der Waals surface area (Å²) in [5.74, 6) is -0.0212. The molecule has 3 nitrogen and oxygen atoms in total. The number of nitrogens with zero attached hydrogens (tertiary/aromatic N) is 1. The zero-order chi connectivity index (χ0) is 12.4. The third kappa shape index (κ3) is 2.84. The van der Waals surface area contributed by atoms with Crippen molar-refractivity contribution in [3.63, 3.8) is 0 Å². The van der Waals surface area contributed by atoms with E-state index in [4.69, 9.17) is 5.73 Å². The molecular formula is C12H14BrFN2O. The van der Waals surface area contributed by atoms with Crippen LogP contribution in [0.3, 0.4) is 0 Å². The number of nitrogens with two attached hydrogens (primary N) is 1. The van der Waals surface area contributed by atoms with Gasteiger partial charge in [0.25, 0.3) is 0 Å². The Hall–Kier alpha value is -0.940. The second-order valence-electron chi connectivity index (χ2n) is 4.32. The molecule has 17 heavy (non-hydrogen) atoms. The summed E-state index contributed by atoms with van der Waals surface area (Å²) in [5.41, 5.74) is 6.08. The van der Waals surface area contributed by atoms with Crippen LogP contribution < -0.4 is 5.73 Å². The highest BCUT2D eigenvalue weighted by atomic mass is 79.9. The maximum Gasteiger partial charge on any atom is 0.223 e. The van der Waals surface area contributed by atoms with E-state index in [1.54, 1.807) is 17.0 Å². The molecule has 1 aromatic rings. The number of benzene rings is 1. The molecule has 1 unspecified atom stereocenters. The first kappa shape index (κ1) is 12.5. The summed E-state index contributed by atoms with van der Waals surface area (Å²) in [5, 5.41) is 0. The van der Waals surface area contributed by atoms with Gasteiger partial charge in [0, 0.05) is 29.5 Å². The van der Waals surface area contributed by atoms with E-state index < -0.39 is 0 Å². The molecule has 1 amide bonds. The van der Waals surface area contributed by atoms with Gasteiger partial charge in [0.2, 0.25) is 5.91 Å². The van der Waals surface area contributed by atoms with Gasteiger partial charge in [0.15, 0.2) is 0 Å². The summed E-state index contributed by atoms with van der Waals surface area (Å²) >= 11 is 3.20. The van der Waals surface area contributed by atoms with E-state index in [1.165, 1.54) is 6.07 Å². The SMILES string of the molecule is NCC1CC(=O)N(Cc2ccc(Br)cc2F)C1. The van der Waals surface area contributed by atoms with Crippen LogP contribution in [0.25, 0.3) is 0 Å². The van der Waals surface area contributed by atoms with Crippen LogP contribution >= 0.6 is 15.9 Å². The van der Waals surface area contributed by atoms with Crippen LogP contribution in [0.4, 0.5) is 4.39 Å². The number of carbonyl (C=O) groups is 1. The van der Waals surface area contributed by atoms with Crippen molar-refractivity contribution < 1.29 is 9.18 Å². The van der Waals surface area contributed by atoms with Gasteiger partial charge < -0.3 is 10.6 Å². The number of hydrogen-bond acceptors (Lipinski definition) is 2. The zero-order valence-corrected chi connectivity index (χ0v) is 10.9. The Labute approximate surface area is 108 Å². The van der Waals surface area contributed by atoms with Crippen LogP contribution in [-0.4, -0.2) is 23.9 Å². The molecular weight excluding hydrogens is 287 g/mol. The van der Waals surface area contributed by atoms with Crippen molar-refractivity contribution >= 4 is 21.8 Å². The molecule has 1 aliphatic heterocycles. The van der Waals surface area contributed by atoms with Gasteiger partial charge in [-0.1, -0.05) is 22.0 Å². The Bertz CT molecular complexity index is 439. The smallest absolute Gasteiger partial charge is 0.223 e. The third-order valence-electron chi connectivity index (χ3n) is 3.00. The number of carbonyl (C=O) groups excluding carboxylic acids is 1. The standard InChI is InChI=1S/C12H14BrFN2O/c13-10-2-1-9(11(14)4-10)7-16-6-8(5-15)3-12(16)17/h1-2,4,8H,3,5-7,15H2. The summed E-state index contributed by atoms with van der Waals surface area (Å²) in [6.07, 6.45) is 0.481. The van der Waals surface area contributed by atoms with Gasteiger partial charge >= 0.3 is 0 Å². The lowest BCUT2D eigenvalue weighted by molar-refractivity contribution is -0.128. The van der Waals surface area contributed by atoms with E-state index in [1.807, 2.05) is 0 Å². The van der Waals surface area contributed by atoms with Crippen LogP contribution in [0.2, 0.25) is 0 Å². The van der Waals surface area contributed by atoms with Crippen LogP contribution in [0.15, 0.2) is 22.7 Å². The average molecular weight is 301 g/mol. The largest absolute Gasteiger partial charge is 0.338 e. The molecule has 0 aromatic heterocycles. The molecule has 1 aromatic carbocycles. The van der Waals surface area contributed by atoms with E-state index in [-0.39, 0.29) is 17.6 Å². The van der Waals surface area contributed by atoms with E-state index in [0.717, 1.165) is 0 Å². The lowest BCUT2D eigenvalue weighted by Crippen LogP contribution is -2.26. The summed E-state index contributed by atoms with van der Waals surface area (Å²) < 4.78 is 14.3. The van der Waals surface area contributed by atoms with Gasteiger partial charge in [-0.25, -0.2) is 4.39 Å². The quantitative estimate of drug-likeness (QED) is 0.927. The molecule has 1 saturated heterocycles. The maximum atomic E-state index is 13.6. The highest BCUT2D eigenvalue weighted by molar-refractivity contribution is 9.10. The number of rotatable bonds is 3. The molecule has 0 saturated carbocycles. The normalized spacial score (nSPS) is 20.1. The Morgan fingerprint density at radius 1 is 1.53 bits per heavy atom. The van der Waals surface area contributed by atoms with Gasteiger partial charge in [0.1, 0.15) is 5.82 Å². The van der Waals surface area contributed by atoms with Gasteiger partial charge in [-0.05, 0) is 24.6 Å². The lowest BCUT2D eigenvalue weighted by Gasteiger charge is -2.17. The predicted molar refractivity (Wildman–Crippen MR) is 66.7 cm³/mol. The molecule has 0 spiro atoms. The van der Waals surface area contributed by atoms with E-state index in [2.05, 4.69) is 15.9 Å². The number of hydrogen-bond donors (Lipinski definition) is 1. The molecule has 0 bridgehead atoms. The molecule has 1 atom stereocenters. The monoisotopic (exact) mass is 300 g/mol. The molecule has 1 fully saturated rings. The Balaban J connectivity index is 2.08. The van der Waals surface area contributed by atoms with Crippen molar-refractivity contribution in [2.45, 2.75) is 13.0 Å². The Morgan fingerprint density at radius 3 is 2.88 bits per heavy atom. The van der Waals surface area contributed by atoms with E-state index in [9.17, 15) is 9.18 Å². The van der Waals surface area contributed by atoms with Gasteiger partial charge in [-0.15, -0.1) is 0 Å². The molecule has 0 radical (unpaired) electrons. The Morgan fingerprint density at radius 2 is 2.29 bits per heavy atom. The summed E-state index contributed by atoms with van der Waals surface area (Å²) in [6.45, 7) is 1.46. The van der Waals surface area contributed by atoms with Crippen LogP contribution in [0.1, 0.15) is 12.0 Å². The minimum absolute atomic E-state index is 0.0581. The maximum absolute atomic E-state index is 13.6. The highest BCUT2D eigenvalue weighted by Crippen LogP contribution is 2.22. The molecule has 0 aliphatic carbocycles. The fourth-order valence-corrected chi connectivity index (χ4v) is 2.35. The summed E-state index contributed by atoms with van der Waals surface area (Å²) in [7, 11) is 0. The summed E-state index contributed by atoms with van der Waals surface area (Å²) in [6, 6.07) is 4.89. The average Bonchev–Trinajstić information content (AvgIpc) is 2.64. The summed E-state index contributed by atoms with van der Waals surface area (Å²) in [4.78, 5) is 13.3. The van der Waals surface area contributed by atoms with Crippen LogP contribution in [-0.2, 0) is 11.3 Å². The topological polar surface area (TPSA) is 46.3 Å². The van der Waals surface area contributed by atoms with Crippen molar-refractivity contribution in [2.24, 2.45) is 11.7 Å². The van der Waals surface area contributed by atoms with E-state index >= 15 is 0 Å². The van der Waals surface area contributed by atoms with Gasteiger partial charge in [0.05, 0.1) is 0 Å². The number of amides is 1. The number of halogens is 2. The first-order valence-electron chi connectivity index (χ1n) is 5.52. The fraction of sp³-hybridized carbons (Fsp3) is 0.417. The minimum Gasteiger partial charge on any atom is -0.338 e. The van der Waals surface area contributed by atoms with Crippen molar-refractivity contribution in [1.29, 1.82) is 0 Å². The second-order valence-corrected chi connectivity index (χ2v) is 5.23. The molecule has 1 aliphatic rings. The van der Waals surface area contributed by atoms with Crippen molar-refractivity contribution in [1.82, 2.24) is 4.90 Å². The fourth-order valence-electron chi connectivity index (χ4n) is 2.02. The number of likely N-dealkylation sites (tertiary alicyclic amines) is 1. The van der Waals surface area contributed by atoms with E-state index in [0.29, 0.717) is 36.1 Å². The second kappa shape index (κ2) is 5.14. The van der Waals surface area contributed by atoms with Crippen LogP contribution in [0.5, 0.6) is 0 Å². The zero-order valence-electron chi connectivity index (χ0n) is 9.33. The van der Waals surface area contributed by atoms with Crippen molar-refractivity contribution in [3.05, 3.63) is 34.1 Å². The molecule has 2 N–H and O–H groups in total. The molecule has 92 valence electrons. The van der Waals surface area contributed by atoms with Crippen molar-refractivity contribution in [3.8, 4) is 0 Å². The third-order valence-corrected chi connectivity index (χ3v) is 3.50. The highest BCUT2D eigenvalue weighted by Gasteiger charge is 2.28. The lowest BCUT2D eigenvalue weighted by atomic mass is 10.1. The van der Waals surface area contributed by atoms with Gasteiger partial charge in [-0.3, -0.25) is 4.79 Å². The predicted octanol–water partition coefficient (Wildman–Crippen LogP) is 1.90. The van der Waals surface area contributed by atoms with Crippen LogP contribution in [0, 0.1) is 11.7 Å². The molecule has 5 heteroatoms.